The average molecular weight is 1410 g/mol. The van der Waals surface area contributed by atoms with Gasteiger partial charge in [-0.05, 0) is 37.5 Å². The van der Waals surface area contributed by atoms with E-state index in [4.69, 9.17) is 37.0 Å². The summed E-state index contributed by atoms with van der Waals surface area (Å²) in [5.41, 5.74) is 0. The lowest BCUT2D eigenvalue weighted by atomic mass is 10.0. The minimum absolute atomic E-state index is 0.107. The molecule has 0 aromatic carbocycles. The number of rotatable bonds is 76. The Balaban J connectivity index is 5.24. The van der Waals surface area contributed by atoms with Gasteiger partial charge in [0.05, 0.1) is 26.4 Å². The van der Waals surface area contributed by atoms with E-state index in [0.29, 0.717) is 25.7 Å². The maximum absolute atomic E-state index is 13.1. The number of phosphoric acid groups is 2. The van der Waals surface area contributed by atoms with E-state index in [0.717, 1.165) is 102 Å². The monoisotopic (exact) mass is 1410 g/mol. The van der Waals surface area contributed by atoms with E-state index in [1.165, 1.54) is 218 Å². The van der Waals surface area contributed by atoms with Crippen LogP contribution in [-0.2, 0) is 65.4 Å². The second kappa shape index (κ2) is 68.8. The molecule has 5 atom stereocenters. The molecule has 3 N–H and O–H groups in total. The summed E-state index contributed by atoms with van der Waals surface area (Å²) in [6.07, 6.45) is 56.7. The van der Waals surface area contributed by atoms with Crippen LogP contribution < -0.4 is 0 Å². The van der Waals surface area contributed by atoms with Crippen LogP contribution in [0.3, 0.4) is 0 Å². The predicted octanol–water partition coefficient (Wildman–Crippen LogP) is 22.7. The summed E-state index contributed by atoms with van der Waals surface area (Å²) in [5.74, 6) is -0.518. The number of esters is 4. The van der Waals surface area contributed by atoms with Crippen molar-refractivity contribution in [3.05, 3.63) is 0 Å². The summed E-state index contributed by atoms with van der Waals surface area (Å²) < 4.78 is 68.6. The van der Waals surface area contributed by atoms with Crippen LogP contribution in [0.1, 0.15) is 401 Å². The fourth-order valence-corrected chi connectivity index (χ4v) is 13.4. The van der Waals surface area contributed by atoms with Crippen molar-refractivity contribution in [2.24, 2.45) is 11.8 Å². The Hall–Kier alpha value is -1.94. The summed E-state index contributed by atoms with van der Waals surface area (Å²) in [6, 6.07) is 0. The molecule has 0 saturated carbocycles. The third-order valence-corrected chi connectivity index (χ3v) is 19.9. The van der Waals surface area contributed by atoms with E-state index in [9.17, 15) is 43.2 Å². The number of aliphatic hydroxyl groups is 1. The summed E-state index contributed by atoms with van der Waals surface area (Å²) in [7, 11) is -9.91. The number of hydrogen-bond acceptors (Lipinski definition) is 15. The van der Waals surface area contributed by atoms with Gasteiger partial charge in [0, 0.05) is 25.7 Å². The van der Waals surface area contributed by atoms with E-state index in [1.54, 1.807) is 0 Å². The largest absolute Gasteiger partial charge is 0.472 e. The van der Waals surface area contributed by atoms with Gasteiger partial charge in [-0.25, -0.2) is 9.13 Å². The van der Waals surface area contributed by atoms with E-state index < -0.39 is 97.5 Å². The van der Waals surface area contributed by atoms with Crippen molar-refractivity contribution in [2.75, 3.05) is 39.6 Å². The third-order valence-electron chi connectivity index (χ3n) is 18.0. The fraction of sp³-hybridized carbons (Fsp3) is 0.948. The molecular weight excluding hydrogens is 1260 g/mol. The van der Waals surface area contributed by atoms with E-state index >= 15 is 0 Å². The molecule has 0 bridgehead atoms. The van der Waals surface area contributed by atoms with Crippen molar-refractivity contribution in [3.8, 4) is 0 Å². The van der Waals surface area contributed by atoms with Crippen molar-refractivity contribution >= 4 is 39.5 Å². The highest BCUT2D eigenvalue weighted by atomic mass is 31.2. The number of phosphoric ester groups is 2. The zero-order chi connectivity index (χ0) is 70.7. The first-order chi connectivity index (χ1) is 46.4. The second-order valence-electron chi connectivity index (χ2n) is 28.7. The Morgan fingerprint density at radius 3 is 0.708 bits per heavy atom. The quantitative estimate of drug-likeness (QED) is 0.0222. The van der Waals surface area contributed by atoms with Crippen LogP contribution >= 0.6 is 15.6 Å². The molecule has 0 aromatic heterocycles. The zero-order valence-corrected chi connectivity index (χ0v) is 64.5. The molecule has 0 heterocycles. The van der Waals surface area contributed by atoms with Crippen LogP contribution in [0.25, 0.3) is 0 Å². The van der Waals surface area contributed by atoms with Crippen LogP contribution in [0.15, 0.2) is 0 Å². The Morgan fingerprint density at radius 1 is 0.281 bits per heavy atom. The first kappa shape index (κ1) is 94.1. The molecule has 0 radical (unpaired) electrons. The maximum atomic E-state index is 13.1. The standard InChI is InChI=1S/C77H150O17P2/c1-7-9-11-13-15-17-27-35-41-47-53-59-74(79)87-65-72(93-76(81)61-55-49-43-37-28-18-16-14-12-10-8-2)67-91-95(83,84)89-63-71(78)64-90-96(85,86)92-68-73(94-77(82)62-56-50-44-38-32-26-22-20-24-30-34-40-46-52-58-70(5)6)66-88-75(80)60-54-48-42-36-31-25-21-19-23-29-33-39-45-51-57-69(3)4/h69-73,78H,7-68H2,1-6H3,(H,83,84)(H,85,86)/t71-,72+,73+/m0/s1. The number of carbonyl (C=O) groups excluding carboxylic acids is 4. The second-order valence-corrected chi connectivity index (χ2v) is 31.6. The van der Waals surface area contributed by atoms with Gasteiger partial charge in [-0.1, -0.05) is 350 Å². The van der Waals surface area contributed by atoms with Gasteiger partial charge in [0.2, 0.25) is 0 Å². The predicted molar refractivity (Wildman–Crippen MR) is 391 cm³/mol. The van der Waals surface area contributed by atoms with Gasteiger partial charge in [0.1, 0.15) is 19.3 Å². The van der Waals surface area contributed by atoms with Crippen molar-refractivity contribution < 1.29 is 80.2 Å². The lowest BCUT2D eigenvalue weighted by Crippen LogP contribution is -2.30. The third kappa shape index (κ3) is 70.5. The molecule has 17 nitrogen and oxygen atoms in total. The van der Waals surface area contributed by atoms with Crippen molar-refractivity contribution in [1.29, 1.82) is 0 Å². The molecule has 2 unspecified atom stereocenters. The average Bonchev–Trinajstić information content (AvgIpc) is 1.55. The Kier molecular flexibility index (Phi) is 67.4. The van der Waals surface area contributed by atoms with Crippen molar-refractivity contribution in [3.63, 3.8) is 0 Å². The molecule has 0 saturated heterocycles. The number of ether oxygens (including phenoxy) is 4. The lowest BCUT2D eigenvalue weighted by Gasteiger charge is -2.21. The molecule has 0 fully saturated rings. The molecule has 0 aromatic rings. The number of unbranched alkanes of at least 4 members (excludes halogenated alkanes) is 46. The van der Waals surface area contributed by atoms with Crippen LogP contribution in [0.2, 0.25) is 0 Å². The molecule has 570 valence electrons. The van der Waals surface area contributed by atoms with Gasteiger partial charge in [0.25, 0.3) is 0 Å². The molecule has 0 spiro atoms. The van der Waals surface area contributed by atoms with Gasteiger partial charge in [-0.15, -0.1) is 0 Å². The van der Waals surface area contributed by atoms with Crippen molar-refractivity contribution in [2.45, 2.75) is 419 Å². The molecule has 19 heteroatoms. The van der Waals surface area contributed by atoms with Gasteiger partial charge in [-0.3, -0.25) is 37.3 Å². The van der Waals surface area contributed by atoms with Gasteiger partial charge < -0.3 is 33.8 Å². The summed E-state index contributed by atoms with van der Waals surface area (Å²) >= 11 is 0. The summed E-state index contributed by atoms with van der Waals surface area (Å²) in [5, 5.41) is 10.6. The molecule has 0 aliphatic carbocycles. The Bertz CT molecular complexity index is 1860. The van der Waals surface area contributed by atoms with Crippen molar-refractivity contribution in [1.82, 2.24) is 0 Å². The summed E-state index contributed by atoms with van der Waals surface area (Å²) in [6.45, 7) is 9.65. The van der Waals surface area contributed by atoms with E-state index in [1.807, 2.05) is 0 Å². The molecule has 0 aliphatic rings. The number of hydrogen-bond donors (Lipinski definition) is 3. The van der Waals surface area contributed by atoms with Crippen LogP contribution in [0.5, 0.6) is 0 Å². The van der Waals surface area contributed by atoms with Gasteiger partial charge in [0.15, 0.2) is 12.2 Å². The molecule has 0 aliphatic heterocycles. The molecule has 96 heavy (non-hydrogen) atoms. The highest BCUT2D eigenvalue weighted by Gasteiger charge is 2.30. The van der Waals surface area contributed by atoms with Crippen LogP contribution in [0, 0.1) is 11.8 Å². The van der Waals surface area contributed by atoms with Gasteiger partial charge >= 0.3 is 39.5 Å². The number of carbonyl (C=O) groups is 4. The maximum Gasteiger partial charge on any atom is 0.472 e. The highest BCUT2D eigenvalue weighted by molar-refractivity contribution is 7.47. The molecule has 0 amide bonds. The van der Waals surface area contributed by atoms with E-state index in [2.05, 4.69) is 41.5 Å². The first-order valence-corrected chi connectivity index (χ1v) is 43.0. The molecular formula is C77H150O17P2. The lowest BCUT2D eigenvalue weighted by molar-refractivity contribution is -0.161. The first-order valence-electron chi connectivity index (χ1n) is 40.0. The Morgan fingerprint density at radius 2 is 0.479 bits per heavy atom. The van der Waals surface area contributed by atoms with Gasteiger partial charge in [-0.2, -0.15) is 0 Å². The smallest absolute Gasteiger partial charge is 0.462 e. The zero-order valence-electron chi connectivity index (χ0n) is 62.7. The van der Waals surface area contributed by atoms with Crippen LogP contribution in [-0.4, -0.2) is 96.7 Å². The number of aliphatic hydroxyl groups excluding tert-OH is 1. The minimum atomic E-state index is -4.96. The Labute approximate surface area is 588 Å². The van der Waals surface area contributed by atoms with E-state index in [-0.39, 0.29) is 25.7 Å². The summed E-state index contributed by atoms with van der Waals surface area (Å²) in [4.78, 5) is 72.8. The molecule has 0 rings (SSSR count). The topological polar surface area (TPSA) is 237 Å². The van der Waals surface area contributed by atoms with Crippen LogP contribution in [0.4, 0.5) is 0 Å². The normalized spacial score (nSPS) is 14.0. The fourth-order valence-electron chi connectivity index (χ4n) is 11.8. The minimum Gasteiger partial charge on any atom is -0.462 e. The SMILES string of the molecule is CCCCCCCCCCCCCC(=O)OC[C@H](COP(=O)(O)OC[C@H](O)COP(=O)(O)OC[C@@H](COC(=O)CCCCCCCCCCCCCCCCC(C)C)OC(=O)CCCCCCCCCCCCCCCCC(C)C)OC(=O)CCCCCCCCCCCCC. The highest BCUT2D eigenvalue weighted by Crippen LogP contribution is 2.45.